The monoisotopic (exact) mass is 305 g/mol. The fourth-order valence-electron chi connectivity index (χ4n) is 1.76. The van der Waals surface area contributed by atoms with Gasteiger partial charge in [-0.05, 0) is 6.07 Å². The second-order valence-corrected chi connectivity index (χ2v) is 6.59. The number of furan rings is 1. The van der Waals surface area contributed by atoms with Gasteiger partial charge < -0.3 is 8.83 Å². The van der Waals surface area contributed by atoms with E-state index in [2.05, 4.69) is 10.1 Å². The minimum atomic E-state index is -0.460. The molecule has 3 aromatic heterocycles. The van der Waals surface area contributed by atoms with Gasteiger partial charge in [-0.15, -0.1) is 16.4 Å². The minimum absolute atomic E-state index is 0.297. The molecule has 0 saturated heterocycles. The van der Waals surface area contributed by atoms with Crippen molar-refractivity contribution >= 4 is 11.3 Å². The molecule has 0 bridgehead atoms. The molecule has 3 rings (SSSR count). The third-order valence-electron chi connectivity index (χ3n) is 2.88. The second kappa shape index (κ2) is 5.00. The Kier molecular flexibility index (Phi) is 3.29. The van der Waals surface area contributed by atoms with Crippen LogP contribution < -0.4 is 5.76 Å². The van der Waals surface area contributed by atoms with Crippen molar-refractivity contribution in [3.63, 3.8) is 0 Å². The number of hydrogen-bond acceptors (Lipinski definition) is 6. The lowest BCUT2D eigenvalue weighted by Gasteiger charge is -2.10. The average molecular weight is 305 g/mol. The molecular weight excluding hydrogens is 290 g/mol. The fourth-order valence-corrected chi connectivity index (χ4v) is 2.56. The molecule has 0 amide bonds. The highest BCUT2D eigenvalue weighted by Gasteiger charge is 2.22. The van der Waals surface area contributed by atoms with E-state index in [9.17, 15) is 4.79 Å². The summed E-state index contributed by atoms with van der Waals surface area (Å²) < 4.78 is 11.5. The van der Waals surface area contributed by atoms with Crippen LogP contribution in [0.5, 0.6) is 0 Å². The maximum Gasteiger partial charge on any atom is 0.437 e. The summed E-state index contributed by atoms with van der Waals surface area (Å²) in [6.07, 6.45) is 3.25. The smallest absolute Gasteiger partial charge is 0.437 e. The summed E-state index contributed by atoms with van der Waals surface area (Å²) >= 11 is 1.50. The largest absolute Gasteiger partial charge is 0.472 e. The van der Waals surface area contributed by atoms with Crippen molar-refractivity contribution < 1.29 is 8.83 Å². The molecule has 21 heavy (non-hydrogen) atoms. The van der Waals surface area contributed by atoms with Crippen LogP contribution in [0, 0.1) is 0 Å². The van der Waals surface area contributed by atoms with Crippen molar-refractivity contribution in [3.05, 3.63) is 46.1 Å². The lowest BCUT2D eigenvalue weighted by atomic mass is 9.97. The van der Waals surface area contributed by atoms with E-state index in [4.69, 9.17) is 8.83 Å². The maximum absolute atomic E-state index is 11.8. The average Bonchev–Trinajstić information content (AvgIpc) is 3.10. The molecule has 0 spiro atoms. The SMILES string of the molecule is CC(C)(C)c1nn(Cc2csc(-c3ccoc3)n2)c(=O)o1. The molecule has 0 aliphatic rings. The first-order valence-corrected chi connectivity index (χ1v) is 7.37. The van der Waals surface area contributed by atoms with E-state index in [0.29, 0.717) is 12.4 Å². The van der Waals surface area contributed by atoms with E-state index in [1.165, 1.54) is 16.0 Å². The van der Waals surface area contributed by atoms with Crippen LogP contribution in [0.15, 0.2) is 37.6 Å². The van der Waals surface area contributed by atoms with E-state index in [1.807, 2.05) is 32.2 Å². The van der Waals surface area contributed by atoms with Crippen molar-refractivity contribution in [2.45, 2.75) is 32.7 Å². The molecule has 7 heteroatoms. The van der Waals surface area contributed by atoms with E-state index in [1.54, 1.807) is 12.5 Å². The van der Waals surface area contributed by atoms with Crippen molar-refractivity contribution in [3.8, 4) is 10.6 Å². The zero-order valence-electron chi connectivity index (χ0n) is 12.0. The van der Waals surface area contributed by atoms with Gasteiger partial charge in [0.15, 0.2) is 0 Å². The van der Waals surface area contributed by atoms with Gasteiger partial charge in [-0.25, -0.2) is 9.78 Å². The third kappa shape index (κ3) is 2.82. The molecule has 0 radical (unpaired) electrons. The fraction of sp³-hybridized carbons (Fsp3) is 0.357. The van der Waals surface area contributed by atoms with Gasteiger partial charge in [0, 0.05) is 16.4 Å². The molecule has 0 atom stereocenters. The molecule has 3 heterocycles. The first-order chi connectivity index (χ1) is 9.93. The molecule has 0 aliphatic heterocycles. The molecule has 0 N–H and O–H groups in total. The van der Waals surface area contributed by atoms with Crippen molar-refractivity contribution in [1.29, 1.82) is 0 Å². The number of thiazole rings is 1. The van der Waals surface area contributed by atoms with Crippen LogP contribution in [-0.2, 0) is 12.0 Å². The third-order valence-corrected chi connectivity index (χ3v) is 3.82. The van der Waals surface area contributed by atoms with Crippen LogP contribution in [0.3, 0.4) is 0 Å². The summed E-state index contributed by atoms with van der Waals surface area (Å²) in [5.74, 6) is -0.0319. The van der Waals surface area contributed by atoms with Crippen molar-refractivity contribution in [2.24, 2.45) is 0 Å². The Morgan fingerprint density at radius 2 is 2.19 bits per heavy atom. The Labute approximate surface area is 125 Å². The molecule has 0 saturated carbocycles. The Hall–Kier alpha value is -2.15. The Morgan fingerprint density at radius 1 is 1.38 bits per heavy atom. The molecule has 0 aliphatic carbocycles. The number of rotatable bonds is 3. The molecular formula is C14H15N3O3S. The van der Waals surface area contributed by atoms with Crippen LogP contribution in [0.2, 0.25) is 0 Å². The predicted molar refractivity (Wildman–Crippen MR) is 78.4 cm³/mol. The van der Waals surface area contributed by atoms with Gasteiger partial charge in [-0.3, -0.25) is 0 Å². The van der Waals surface area contributed by atoms with Crippen molar-refractivity contribution in [1.82, 2.24) is 14.8 Å². The van der Waals surface area contributed by atoms with Gasteiger partial charge in [0.05, 0.1) is 18.5 Å². The van der Waals surface area contributed by atoms with Crippen LogP contribution in [-0.4, -0.2) is 14.8 Å². The molecule has 3 aromatic rings. The van der Waals surface area contributed by atoms with Crippen LogP contribution in [0.25, 0.3) is 10.6 Å². The summed E-state index contributed by atoms with van der Waals surface area (Å²) in [6, 6.07) is 1.85. The zero-order valence-corrected chi connectivity index (χ0v) is 12.8. The minimum Gasteiger partial charge on any atom is -0.472 e. The van der Waals surface area contributed by atoms with Gasteiger partial charge in [0.1, 0.15) is 11.3 Å². The van der Waals surface area contributed by atoms with E-state index < -0.39 is 5.76 Å². The van der Waals surface area contributed by atoms with Crippen LogP contribution in [0.4, 0.5) is 0 Å². The van der Waals surface area contributed by atoms with E-state index >= 15 is 0 Å². The first-order valence-electron chi connectivity index (χ1n) is 6.49. The number of aromatic nitrogens is 3. The van der Waals surface area contributed by atoms with Gasteiger partial charge in [0.2, 0.25) is 5.89 Å². The number of nitrogens with zero attached hydrogens (tertiary/aromatic N) is 3. The highest BCUT2D eigenvalue weighted by Crippen LogP contribution is 2.24. The first kappa shape index (κ1) is 13.8. The molecule has 0 unspecified atom stereocenters. The van der Waals surface area contributed by atoms with Gasteiger partial charge in [-0.2, -0.15) is 4.68 Å². The number of hydrogen-bond donors (Lipinski definition) is 0. The topological polar surface area (TPSA) is 74.1 Å². The van der Waals surface area contributed by atoms with Crippen molar-refractivity contribution in [2.75, 3.05) is 0 Å². The zero-order chi connectivity index (χ0) is 15.0. The molecule has 110 valence electrons. The lowest BCUT2D eigenvalue weighted by molar-refractivity contribution is 0.374. The molecule has 0 fully saturated rings. The van der Waals surface area contributed by atoms with Gasteiger partial charge >= 0.3 is 5.76 Å². The van der Waals surface area contributed by atoms with E-state index in [0.717, 1.165) is 16.3 Å². The normalized spacial score (nSPS) is 12.0. The summed E-state index contributed by atoms with van der Waals surface area (Å²) in [4.78, 5) is 16.3. The van der Waals surface area contributed by atoms with E-state index in [-0.39, 0.29) is 5.41 Å². The summed E-state index contributed by atoms with van der Waals surface area (Å²) in [7, 11) is 0. The summed E-state index contributed by atoms with van der Waals surface area (Å²) in [6.45, 7) is 6.14. The highest BCUT2D eigenvalue weighted by molar-refractivity contribution is 7.13. The Bertz CT molecular complexity index is 790. The van der Waals surface area contributed by atoms with Gasteiger partial charge in [-0.1, -0.05) is 20.8 Å². The van der Waals surface area contributed by atoms with Crippen LogP contribution >= 0.6 is 11.3 Å². The predicted octanol–water partition coefficient (Wildman–Crippen LogP) is 2.90. The molecule has 6 nitrogen and oxygen atoms in total. The summed E-state index contributed by atoms with van der Waals surface area (Å²) in [5.41, 5.74) is 1.40. The second-order valence-electron chi connectivity index (χ2n) is 5.74. The standard InChI is InChI=1S/C14H15N3O3S/c1-14(2,3)12-16-17(13(18)20-12)6-10-8-21-11(15-10)9-4-5-19-7-9/h4-5,7-8H,6H2,1-3H3. The quantitative estimate of drug-likeness (QED) is 0.744. The highest BCUT2D eigenvalue weighted by atomic mass is 32.1. The van der Waals surface area contributed by atoms with Crippen LogP contribution in [0.1, 0.15) is 32.4 Å². The Balaban J connectivity index is 1.85. The lowest BCUT2D eigenvalue weighted by Crippen LogP contribution is -2.17. The summed E-state index contributed by atoms with van der Waals surface area (Å²) in [5, 5.41) is 6.99. The maximum atomic E-state index is 11.8. The van der Waals surface area contributed by atoms with Gasteiger partial charge in [0.25, 0.3) is 0 Å². The molecule has 0 aromatic carbocycles. The Morgan fingerprint density at radius 3 is 2.81 bits per heavy atom.